The minimum atomic E-state index is 0.787. The summed E-state index contributed by atoms with van der Waals surface area (Å²) in [4.78, 5) is 8.62. The Bertz CT molecular complexity index is 336. The molecular weight excluding hydrogens is 200 g/mol. The third-order valence-corrected chi connectivity index (χ3v) is 2.65. The fourth-order valence-corrected chi connectivity index (χ4v) is 1.59. The van der Waals surface area contributed by atoms with Crippen LogP contribution in [-0.4, -0.2) is 44.1 Å². The molecule has 0 amide bonds. The van der Waals surface area contributed by atoms with Crippen LogP contribution < -0.4 is 10.6 Å². The van der Waals surface area contributed by atoms with Crippen LogP contribution in [0.4, 0.5) is 11.5 Å². The van der Waals surface area contributed by atoms with Crippen molar-refractivity contribution in [3.05, 3.63) is 17.8 Å². The molecule has 1 heterocycles. The molecule has 0 aromatic carbocycles. The highest BCUT2D eigenvalue weighted by molar-refractivity contribution is 5.65. The van der Waals surface area contributed by atoms with E-state index in [1.54, 1.807) is 0 Å². The van der Waals surface area contributed by atoms with Gasteiger partial charge in [0.05, 0.1) is 5.69 Å². The lowest BCUT2D eigenvalue weighted by molar-refractivity contribution is 0.401. The van der Waals surface area contributed by atoms with Crippen LogP contribution in [-0.2, 0) is 0 Å². The summed E-state index contributed by atoms with van der Waals surface area (Å²) in [7, 11) is 6.20. The van der Waals surface area contributed by atoms with Gasteiger partial charge in [0.25, 0.3) is 0 Å². The molecule has 4 heteroatoms. The van der Waals surface area contributed by atoms with Crippen molar-refractivity contribution in [2.24, 2.45) is 0 Å². The number of rotatable bonds is 5. The van der Waals surface area contributed by atoms with Crippen molar-refractivity contribution in [1.29, 1.82) is 0 Å². The third kappa shape index (κ3) is 3.38. The van der Waals surface area contributed by atoms with Gasteiger partial charge < -0.3 is 15.5 Å². The molecule has 0 saturated heterocycles. The maximum atomic E-state index is 6.00. The van der Waals surface area contributed by atoms with Crippen LogP contribution in [0.2, 0.25) is 0 Å². The molecule has 1 aromatic heterocycles. The largest absolute Gasteiger partial charge is 0.396 e. The molecule has 4 nitrogen and oxygen atoms in total. The summed E-state index contributed by atoms with van der Waals surface area (Å²) in [5, 5.41) is 0. The summed E-state index contributed by atoms with van der Waals surface area (Å²) in [6, 6.07) is 1.94. The van der Waals surface area contributed by atoms with E-state index in [1.807, 2.05) is 26.2 Å². The summed E-state index contributed by atoms with van der Waals surface area (Å²) in [5.74, 6) is 0.888. The average molecular weight is 222 g/mol. The smallest absolute Gasteiger partial charge is 0.151 e. The first kappa shape index (κ1) is 12.8. The number of nitrogens with two attached hydrogens (primary N) is 1. The molecule has 0 atom stereocenters. The van der Waals surface area contributed by atoms with Gasteiger partial charge in [-0.1, -0.05) is 0 Å². The standard InChI is InChI=1S/C12H22N4/c1-10-6-7-14-12(11(10)13)16(4)9-5-8-15(2)3/h6-7H,5,8-9,13H2,1-4H3. The Hall–Kier alpha value is -1.29. The molecule has 0 aliphatic heterocycles. The van der Waals surface area contributed by atoms with Gasteiger partial charge in [0, 0.05) is 19.8 Å². The Morgan fingerprint density at radius 3 is 2.56 bits per heavy atom. The first-order chi connectivity index (χ1) is 7.52. The predicted octanol–water partition coefficient (Wildman–Crippen LogP) is 1.36. The lowest BCUT2D eigenvalue weighted by atomic mass is 10.2. The van der Waals surface area contributed by atoms with Crippen molar-refractivity contribution in [2.45, 2.75) is 13.3 Å². The van der Waals surface area contributed by atoms with Crippen molar-refractivity contribution in [3.8, 4) is 0 Å². The molecule has 0 unspecified atom stereocenters. The van der Waals surface area contributed by atoms with Crippen molar-refractivity contribution in [1.82, 2.24) is 9.88 Å². The number of anilines is 2. The molecule has 0 fully saturated rings. The molecule has 90 valence electrons. The number of pyridine rings is 1. The molecular formula is C12H22N4. The van der Waals surface area contributed by atoms with Crippen LogP contribution in [0, 0.1) is 6.92 Å². The number of nitrogen functional groups attached to an aromatic ring is 1. The van der Waals surface area contributed by atoms with Gasteiger partial charge in [-0.2, -0.15) is 0 Å². The summed E-state index contributed by atoms with van der Waals surface area (Å²) in [6.07, 6.45) is 2.92. The van der Waals surface area contributed by atoms with Crippen molar-refractivity contribution in [2.75, 3.05) is 44.9 Å². The molecule has 0 aliphatic carbocycles. The van der Waals surface area contributed by atoms with E-state index in [0.29, 0.717) is 0 Å². The first-order valence-electron chi connectivity index (χ1n) is 5.59. The Morgan fingerprint density at radius 2 is 1.94 bits per heavy atom. The number of hydrogen-bond donors (Lipinski definition) is 1. The van der Waals surface area contributed by atoms with Crippen LogP contribution in [0.15, 0.2) is 12.3 Å². The van der Waals surface area contributed by atoms with E-state index in [0.717, 1.165) is 36.6 Å². The lowest BCUT2D eigenvalue weighted by Gasteiger charge is -2.21. The Morgan fingerprint density at radius 1 is 1.25 bits per heavy atom. The van der Waals surface area contributed by atoms with Crippen molar-refractivity contribution in [3.63, 3.8) is 0 Å². The van der Waals surface area contributed by atoms with E-state index in [1.165, 1.54) is 0 Å². The normalized spacial score (nSPS) is 10.8. The summed E-state index contributed by atoms with van der Waals surface area (Å²) >= 11 is 0. The van der Waals surface area contributed by atoms with E-state index >= 15 is 0 Å². The molecule has 0 radical (unpaired) electrons. The van der Waals surface area contributed by atoms with Gasteiger partial charge in [0.2, 0.25) is 0 Å². The second kappa shape index (κ2) is 5.70. The lowest BCUT2D eigenvalue weighted by Crippen LogP contribution is -2.25. The number of hydrogen-bond acceptors (Lipinski definition) is 4. The maximum absolute atomic E-state index is 6.00. The van der Waals surface area contributed by atoms with E-state index in [-0.39, 0.29) is 0 Å². The zero-order chi connectivity index (χ0) is 12.1. The van der Waals surface area contributed by atoms with E-state index in [9.17, 15) is 0 Å². The zero-order valence-corrected chi connectivity index (χ0v) is 10.7. The van der Waals surface area contributed by atoms with E-state index in [4.69, 9.17) is 5.73 Å². The molecule has 0 saturated carbocycles. The topological polar surface area (TPSA) is 45.4 Å². The summed E-state index contributed by atoms with van der Waals surface area (Å²) in [6.45, 7) is 4.06. The van der Waals surface area contributed by atoms with Crippen molar-refractivity contribution >= 4 is 11.5 Å². The number of nitrogens with zero attached hydrogens (tertiary/aromatic N) is 3. The van der Waals surface area contributed by atoms with Crippen LogP contribution in [0.25, 0.3) is 0 Å². The van der Waals surface area contributed by atoms with E-state index in [2.05, 4.69) is 28.9 Å². The molecule has 0 bridgehead atoms. The first-order valence-corrected chi connectivity index (χ1v) is 5.59. The minimum Gasteiger partial charge on any atom is -0.396 e. The third-order valence-electron chi connectivity index (χ3n) is 2.65. The Labute approximate surface area is 98.1 Å². The van der Waals surface area contributed by atoms with Gasteiger partial charge in [0.15, 0.2) is 5.82 Å². The van der Waals surface area contributed by atoms with Crippen LogP contribution in [0.5, 0.6) is 0 Å². The second-order valence-corrected chi connectivity index (χ2v) is 4.44. The Balaban J connectivity index is 2.59. The van der Waals surface area contributed by atoms with Gasteiger partial charge in [-0.05, 0) is 45.6 Å². The quantitative estimate of drug-likeness (QED) is 0.817. The van der Waals surface area contributed by atoms with Crippen LogP contribution >= 0.6 is 0 Å². The van der Waals surface area contributed by atoms with Gasteiger partial charge in [-0.25, -0.2) is 4.98 Å². The Kier molecular flexibility index (Phi) is 4.55. The van der Waals surface area contributed by atoms with E-state index < -0.39 is 0 Å². The molecule has 16 heavy (non-hydrogen) atoms. The molecule has 1 rings (SSSR count). The minimum absolute atomic E-state index is 0.787. The summed E-state index contributed by atoms with van der Waals surface area (Å²) < 4.78 is 0. The van der Waals surface area contributed by atoms with Gasteiger partial charge >= 0.3 is 0 Å². The fraction of sp³-hybridized carbons (Fsp3) is 0.583. The molecule has 1 aromatic rings. The zero-order valence-electron chi connectivity index (χ0n) is 10.7. The highest BCUT2D eigenvalue weighted by Crippen LogP contribution is 2.21. The molecule has 0 aliphatic rings. The van der Waals surface area contributed by atoms with Crippen LogP contribution in [0.3, 0.4) is 0 Å². The maximum Gasteiger partial charge on any atom is 0.151 e. The van der Waals surface area contributed by atoms with Gasteiger partial charge in [-0.15, -0.1) is 0 Å². The predicted molar refractivity (Wildman–Crippen MR) is 69.8 cm³/mol. The number of aryl methyl sites for hydroxylation is 1. The fourth-order valence-electron chi connectivity index (χ4n) is 1.59. The highest BCUT2D eigenvalue weighted by atomic mass is 15.2. The second-order valence-electron chi connectivity index (χ2n) is 4.44. The van der Waals surface area contributed by atoms with Gasteiger partial charge in [-0.3, -0.25) is 0 Å². The van der Waals surface area contributed by atoms with Crippen LogP contribution in [0.1, 0.15) is 12.0 Å². The molecule has 2 N–H and O–H groups in total. The average Bonchev–Trinajstić information content (AvgIpc) is 2.21. The van der Waals surface area contributed by atoms with Gasteiger partial charge in [0.1, 0.15) is 0 Å². The van der Waals surface area contributed by atoms with Crippen molar-refractivity contribution < 1.29 is 0 Å². The number of aromatic nitrogens is 1. The summed E-state index contributed by atoms with van der Waals surface area (Å²) in [5.41, 5.74) is 7.87. The monoisotopic (exact) mass is 222 g/mol. The molecule has 0 spiro atoms. The highest BCUT2D eigenvalue weighted by Gasteiger charge is 2.08. The SMILES string of the molecule is Cc1ccnc(N(C)CCCN(C)C)c1N.